The van der Waals surface area contributed by atoms with Crippen LogP contribution in [0.15, 0.2) is 24.3 Å². The van der Waals surface area contributed by atoms with Gasteiger partial charge >= 0.3 is 12.1 Å². The van der Waals surface area contributed by atoms with Crippen molar-refractivity contribution in [3.63, 3.8) is 0 Å². The number of hydrogen-bond acceptors (Lipinski definition) is 5. The largest absolute Gasteiger partial charge is 0.467 e. The molecule has 0 saturated carbocycles. The maximum atomic E-state index is 12.7. The third kappa shape index (κ3) is 2.74. The van der Waals surface area contributed by atoms with Crippen LogP contribution in [0.5, 0.6) is 0 Å². The van der Waals surface area contributed by atoms with Gasteiger partial charge in [-0.2, -0.15) is 0 Å². The van der Waals surface area contributed by atoms with Crippen LogP contribution in [0.4, 0.5) is 10.5 Å². The van der Waals surface area contributed by atoms with Crippen molar-refractivity contribution < 1.29 is 23.9 Å². The number of para-hydroxylation sites is 1. The standard InChI is InChI=1S/C16H20N2O5/c1-15(2,3)23-14(21)17-16(13(20)22-5)10-8-6-7-9-11(10)18(4)12(16)19/h6-9H,1-5H3,(H,17,21). The number of likely N-dealkylation sites (N-methyl/N-ethyl adjacent to an activating group) is 1. The maximum Gasteiger partial charge on any atom is 0.409 e. The number of ether oxygens (including phenoxy) is 2. The first-order valence-corrected chi connectivity index (χ1v) is 7.10. The highest BCUT2D eigenvalue weighted by molar-refractivity contribution is 6.21. The summed E-state index contributed by atoms with van der Waals surface area (Å²) in [7, 11) is 2.69. The summed E-state index contributed by atoms with van der Waals surface area (Å²) in [5.41, 5.74) is -1.83. The number of nitrogens with one attached hydrogen (secondary N) is 1. The summed E-state index contributed by atoms with van der Waals surface area (Å²) < 4.78 is 9.98. The average Bonchev–Trinajstić information content (AvgIpc) is 2.68. The van der Waals surface area contributed by atoms with Gasteiger partial charge in [0.1, 0.15) is 5.60 Å². The zero-order chi connectivity index (χ0) is 17.4. The molecule has 0 bridgehead atoms. The Bertz CT molecular complexity index is 665. The van der Waals surface area contributed by atoms with E-state index < -0.39 is 29.1 Å². The fourth-order valence-electron chi connectivity index (χ4n) is 2.54. The van der Waals surface area contributed by atoms with Gasteiger partial charge in [-0.15, -0.1) is 0 Å². The maximum absolute atomic E-state index is 12.7. The number of nitrogens with zero attached hydrogens (tertiary/aromatic N) is 1. The first-order valence-electron chi connectivity index (χ1n) is 7.10. The highest BCUT2D eigenvalue weighted by atomic mass is 16.6. The van der Waals surface area contributed by atoms with Crippen molar-refractivity contribution in [2.45, 2.75) is 31.9 Å². The van der Waals surface area contributed by atoms with Crippen LogP contribution < -0.4 is 10.2 Å². The third-order valence-electron chi connectivity index (χ3n) is 3.47. The SMILES string of the molecule is COC(=O)C1(NC(=O)OC(C)(C)C)C(=O)N(C)c2ccccc21. The second kappa shape index (κ2) is 5.57. The summed E-state index contributed by atoms with van der Waals surface area (Å²) in [5, 5.41) is 2.41. The van der Waals surface area contributed by atoms with Gasteiger partial charge in [0.05, 0.1) is 12.8 Å². The van der Waals surface area contributed by atoms with E-state index in [4.69, 9.17) is 9.47 Å². The summed E-state index contributed by atoms with van der Waals surface area (Å²) in [6.45, 7) is 5.07. The Morgan fingerprint density at radius 1 is 1.22 bits per heavy atom. The van der Waals surface area contributed by atoms with Gasteiger partial charge in [-0.25, -0.2) is 9.59 Å². The number of carbonyl (C=O) groups is 3. The highest BCUT2D eigenvalue weighted by Crippen LogP contribution is 2.40. The molecule has 1 aromatic rings. The van der Waals surface area contributed by atoms with E-state index in [1.807, 2.05) is 0 Å². The van der Waals surface area contributed by atoms with Gasteiger partial charge in [-0.3, -0.25) is 10.1 Å². The Balaban J connectivity index is 2.52. The number of methoxy groups -OCH3 is 1. The number of alkyl carbamates (subject to hydrolysis) is 1. The van der Waals surface area contributed by atoms with Gasteiger partial charge in [-0.1, -0.05) is 18.2 Å². The molecule has 7 nitrogen and oxygen atoms in total. The molecular weight excluding hydrogens is 300 g/mol. The molecule has 1 heterocycles. The lowest BCUT2D eigenvalue weighted by atomic mass is 9.91. The predicted octanol–water partition coefficient (Wildman–Crippen LogP) is 1.56. The summed E-state index contributed by atoms with van der Waals surface area (Å²) in [4.78, 5) is 38.7. The van der Waals surface area contributed by atoms with E-state index >= 15 is 0 Å². The number of amides is 2. The number of hydrogen-bond donors (Lipinski definition) is 1. The zero-order valence-electron chi connectivity index (χ0n) is 13.8. The van der Waals surface area contributed by atoms with E-state index in [2.05, 4.69) is 5.32 Å². The minimum Gasteiger partial charge on any atom is -0.467 e. The van der Waals surface area contributed by atoms with E-state index in [-0.39, 0.29) is 0 Å². The molecule has 0 aromatic heterocycles. The normalized spacial score (nSPS) is 20.0. The van der Waals surface area contributed by atoms with Gasteiger partial charge in [0.25, 0.3) is 5.91 Å². The fraction of sp³-hybridized carbons (Fsp3) is 0.438. The minimum atomic E-state index is -1.94. The predicted molar refractivity (Wildman–Crippen MR) is 82.9 cm³/mol. The number of fused-ring (bicyclic) bond motifs is 1. The molecule has 0 saturated heterocycles. The third-order valence-corrected chi connectivity index (χ3v) is 3.47. The Hall–Kier alpha value is -2.57. The van der Waals surface area contributed by atoms with Crippen molar-refractivity contribution in [3.05, 3.63) is 29.8 Å². The topological polar surface area (TPSA) is 84.9 Å². The Morgan fingerprint density at radius 2 is 1.83 bits per heavy atom. The smallest absolute Gasteiger partial charge is 0.409 e. The van der Waals surface area contributed by atoms with Crippen LogP contribution >= 0.6 is 0 Å². The van der Waals surface area contributed by atoms with Crippen molar-refractivity contribution in [1.29, 1.82) is 0 Å². The summed E-state index contributed by atoms with van der Waals surface area (Å²) >= 11 is 0. The lowest BCUT2D eigenvalue weighted by Crippen LogP contribution is -2.58. The van der Waals surface area contributed by atoms with Crippen molar-refractivity contribution in [1.82, 2.24) is 5.32 Å². The highest BCUT2D eigenvalue weighted by Gasteiger charge is 2.58. The molecule has 0 radical (unpaired) electrons. The first-order chi connectivity index (χ1) is 10.6. The number of anilines is 1. The summed E-state index contributed by atoms with van der Waals surface area (Å²) in [6.07, 6.45) is -0.874. The Labute approximate surface area is 134 Å². The van der Waals surface area contributed by atoms with Crippen molar-refractivity contribution >= 4 is 23.7 Å². The molecule has 1 aliphatic rings. The number of esters is 1. The molecular formula is C16H20N2O5. The van der Waals surface area contributed by atoms with Gasteiger partial charge < -0.3 is 14.4 Å². The molecule has 1 aliphatic heterocycles. The zero-order valence-corrected chi connectivity index (χ0v) is 13.8. The van der Waals surface area contributed by atoms with Crippen molar-refractivity contribution in [2.24, 2.45) is 0 Å². The Kier molecular flexibility index (Phi) is 4.07. The lowest BCUT2D eigenvalue weighted by molar-refractivity contribution is -0.153. The molecule has 1 unspecified atom stereocenters. The lowest BCUT2D eigenvalue weighted by Gasteiger charge is -2.28. The molecule has 1 aromatic carbocycles. The van der Waals surface area contributed by atoms with Crippen LogP contribution in [0.3, 0.4) is 0 Å². The van der Waals surface area contributed by atoms with E-state index in [1.165, 1.54) is 11.9 Å². The van der Waals surface area contributed by atoms with Crippen LogP contribution in [0, 0.1) is 0 Å². The van der Waals surface area contributed by atoms with Crippen LogP contribution in [0.1, 0.15) is 26.3 Å². The van der Waals surface area contributed by atoms with Gasteiger partial charge in [0, 0.05) is 12.6 Å². The molecule has 23 heavy (non-hydrogen) atoms. The van der Waals surface area contributed by atoms with Crippen LogP contribution in [-0.4, -0.2) is 37.7 Å². The van der Waals surface area contributed by atoms with E-state index in [0.717, 1.165) is 7.11 Å². The molecule has 2 rings (SSSR count). The quantitative estimate of drug-likeness (QED) is 0.660. The second-order valence-corrected chi connectivity index (χ2v) is 6.25. The molecule has 1 atom stereocenters. The minimum absolute atomic E-state index is 0.352. The van der Waals surface area contributed by atoms with Crippen LogP contribution in [-0.2, 0) is 24.6 Å². The van der Waals surface area contributed by atoms with Crippen molar-refractivity contribution in [2.75, 3.05) is 19.1 Å². The number of carbonyl (C=O) groups excluding carboxylic acids is 3. The molecule has 0 aliphatic carbocycles. The van der Waals surface area contributed by atoms with Gasteiger partial charge in [-0.05, 0) is 26.8 Å². The summed E-state index contributed by atoms with van der Waals surface area (Å²) in [6, 6.07) is 6.71. The van der Waals surface area contributed by atoms with Gasteiger partial charge in [0.15, 0.2) is 0 Å². The van der Waals surface area contributed by atoms with Crippen molar-refractivity contribution in [3.8, 4) is 0 Å². The molecule has 7 heteroatoms. The molecule has 0 fully saturated rings. The molecule has 0 spiro atoms. The number of rotatable bonds is 2. The van der Waals surface area contributed by atoms with E-state index in [0.29, 0.717) is 11.3 Å². The Morgan fingerprint density at radius 3 is 2.39 bits per heavy atom. The van der Waals surface area contributed by atoms with E-state index in [1.54, 1.807) is 45.0 Å². The summed E-state index contributed by atoms with van der Waals surface area (Å²) in [5.74, 6) is -1.47. The molecule has 124 valence electrons. The molecule has 2 amide bonds. The second-order valence-electron chi connectivity index (χ2n) is 6.25. The van der Waals surface area contributed by atoms with E-state index in [9.17, 15) is 14.4 Å². The average molecular weight is 320 g/mol. The van der Waals surface area contributed by atoms with Gasteiger partial charge in [0.2, 0.25) is 5.54 Å². The van der Waals surface area contributed by atoms with Crippen LogP contribution in [0.2, 0.25) is 0 Å². The number of benzene rings is 1. The first kappa shape index (κ1) is 16.8. The molecule has 1 N–H and O–H groups in total. The fourth-order valence-corrected chi connectivity index (χ4v) is 2.54. The monoisotopic (exact) mass is 320 g/mol. The van der Waals surface area contributed by atoms with Crippen LogP contribution in [0.25, 0.3) is 0 Å².